The van der Waals surface area contributed by atoms with Gasteiger partial charge in [0.2, 0.25) is 5.91 Å². The second-order valence-electron chi connectivity index (χ2n) is 7.08. The fourth-order valence-corrected chi connectivity index (χ4v) is 4.80. The first-order valence-electron chi connectivity index (χ1n) is 8.87. The van der Waals surface area contributed by atoms with Crippen LogP contribution in [-0.2, 0) is 11.2 Å². The Hall–Kier alpha value is -1.18. The minimum absolute atomic E-state index is 0. The average molecular weight is 430 g/mol. The maximum absolute atomic E-state index is 12.4. The SMILES string of the molecule is Cl.Cl.O=C(Cc1csc(-c2ccccc2)n1)N[C@H]1C[C@H]2CNC[C@H]2C[C@@H]1O. The number of carbonyl (C=O) groups excluding carboxylic acids is 1. The average Bonchev–Trinajstić information content (AvgIpc) is 3.25. The molecule has 27 heavy (non-hydrogen) atoms. The fourth-order valence-electron chi connectivity index (χ4n) is 3.98. The molecule has 0 spiro atoms. The summed E-state index contributed by atoms with van der Waals surface area (Å²) in [5, 5.41) is 19.6. The summed E-state index contributed by atoms with van der Waals surface area (Å²) in [5.74, 6) is 1.06. The van der Waals surface area contributed by atoms with Crippen LogP contribution in [0, 0.1) is 11.8 Å². The number of hydrogen-bond donors (Lipinski definition) is 3. The van der Waals surface area contributed by atoms with Crippen molar-refractivity contribution in [3.05, 3.63) is 41.4 Å². The highest BCUT2D eigenvalue weighted by atomic mass is 35.5. The number of hydrogen-bond acceptors (Lipinski definition) is 5. The van der Waals surface area contributed by atoms with E-state index in [2.05, 4.69) is 15.6 Å². The van der Waals surface area contributed by atoms with Crippen LogP contribution in [0.4, 0.5) is 0 Å². The van der Waals surface area contributed by atoms with Gasteiger partial charge in [-0.1, -0.05) is 30.3 Å². The van der Waals surface area contributed by atoms with E-state index in [0.29, 0.717) is 11.8 Å². The Morgan fingerprint density at radius 3 is 2.63 bits per heavy atom. The van der Waals surface area contributed by atoms with Crippen LogP contribution in [0.3, 0.4) is 0 Å². The van der Waals surface area contributed by atoms with Gasteiger partial charge in [0, 0.05) is 10.9 Å². The minimum atomic E-state index is -0.444. The zero-order valence-electron chi connectivity index (χ0n) is 14.8. The van der Waals surface area contributed by atoms with Crippen LogP contribution >= 0.6 is 36.2 Å². The topological polar surface area (TPSA) is 74.2 Å². The van der Waals surface area contributed by atoms with Gasteiger partial charge in [0.15, 0.2) is 0 Å². The van der Waals surface area contributed by atoms with Crippen LogP contribution < -0.4 is 10.6 Å². The number of thiazole rings is 1. The molecule has 1 saturated carbocycles. The van der Waals surface area contributed by atoms with Gasteiger partial charge >= 0.3 is 0 Å². The van der Waals surface area contributed by atoms with Crippen LogP contribution in [-0.4, -0.2) is 41.2 Å². The maximum Gasteiger partial charge on any atom is 0.226 e. The summed E-state index contributed by atoms with van der Waals surface area (Å²) in [7, 11) is 0. The number of nitrogens with one attached hydrogen (secondary N) is 2. The van der Waals surface area contributed by atoms with Crippen molar-refractivity contribution in [2.45, 2.75) is 31.4 Å². The Bertz CT molecular complexity index is 744. The van der Waals surface area contributed by atoms with Crippen molar-refractivity contribution in [1.29, 1.82) is 0 Å². The molecule has 3 N–H and O–H groups in total. The molecular weight excluding hydrogens is 405 g/mol. The number of aliphatic hydroxyl groups excluding tert-OH is 1. The number of nitrogens with zero attached hydrogens (tertiary/aromatic N) is 1. The van der Waals surface area contributed by atoms with Gasteiger partial charge in [-0.05, 0) is 37.8 Å². The van der Waals surface area contributed by atoms with E-state index in [1.165, 1.54) is 0 Å². The van der Waals surface area contributed by atoms with E-state index in [1.807, 2.05) is 35.7 Å². The van der Waals surface area contributed by atoms with Crippen LogP contribution in [0.5, 0.6) is 0 Å². The smallest absolute Gasteiger partial charge is 0.226 e. The second kappa shape index (κ2) is 9.85. The molecule has 4 atom stereocenters. The molecule has 1 saturated heterocycles. The minimum Gasteiger partial charge on any atom is -0.391 e. The van der Waals surface area contributed by atoms with Gasteiger partial charge in [-0.15, -0.1) is 36.2 Å². The van der Waals surface area contributed by atoms with E-state index in [-0.39, 0.29) is 43.2 Å². The largest absolute Gasteiger partial charge is 0.391 e. The summed E-state index contributed by atoms with van der Waals surface area (Å²) >= 11 is 1.56. The van der Waals surface area contributed by atoms with Crippen molar-refractivity contribution in [1.82, 2.24) is 15.6 Å². The van der Waals surface area contributed by atoms with Crippen molar-refractivity contribution < 1.29 is 9.90 Å². The highest BCUT2D eigenvalue weighted by Crippen LogP contribution is 2.33. The molecule has 8 heteroatoms. The van der Waals surface area contributed by atoms with Gasteiger partial charge in [-0.2, -0.15) is 0 Å². The Morgan fingerprint density at radius 2 is 1.89 bits per heavy atom. The first-order chi connectivity index (χ1) is 12.2. The molecule has 4 rings (SSSR count). The van der Waals surface area contributed by atoms with Crippen molar-refractivity contribution >= 4 is 42.1 Å². The highest BCUT2D eigenvalue weighted by Gasteiger charge is 2.39. The number of carbonyl (C=O) groups is 1. The van der Waals surface area contributed by atoms with E-state index < -0.39 is 6.10 Å². The molecule has 5 nitrogen and oxygen atoms in total. The summed E-state index contributed by atoms with van der Waals surface area (Å²) in [6.07, 6.45) is 1.45. The molecule has 0 bridgehead atoms. The molecule has 1 aliphatic heterocycles. The lowest BCUT2D eigenvalue weighted by Crippen LogP contribution is -2.49. The standard InChI is InChI=1S/C19H23N3O2S.2ClH/c23-17-7-14-10-20-9-13(14)6-16(17)22-18(24)8-15-11-25-19(21-15)12-4-2-1-3-5-12;;/h1-5,11,13-14,16-17,20,23H,6-10H2,(H,22,24);2*1H/t13-,14+,16-,17-;;/m0../s1. The molecule has 1 aliphatic carbocycles. The van der Waals surface area contributed by atoms with Crippen LogP contribution in [0.25, 0.3) is 10.6 Å². The molecular formula is C19H25Cl2N3O2S. The Labute approximate surface area is 175 Å². The van der Waals surface area contributed by atoms with Gasteiger partial charge in [-0.3, -0.25) is 4.79 Å². The third-order valence-electron chi connectivity index (χ3n) is 5.31. The first kappa shape index (κ1) is 22.1. The van der Waals surface area contributed by atoms with E-state index in [4.69, 9.17) is 0 Å². The third kappa shape index (κ3) is 5.21. The monoisotopic (exact) mass is 429 g/mol. The number of halogens is 2. The van der Waals surface area contributed by atoms with E-state index in [1.54, 1.807) is 11.3 Å². The zero-order valence-corrected chi connectivity index (χ0v) is 17.3. The quantitative estimate of drug-likeness (QED) is 0.698. The van der Waals surface area contributed by atoms with Crippen molar-refractivity contribution in [3.8, 4) is 10.6 Å². The normalized spacial score (nSPS) is 26.4. The second-order valence-corrected chi connectivity index (χ2v) is 7.94. The molecule has 2 aromatic rings. The molecule has 2 fully saturated rings. The number of amides is 1. The summed E-state index contributed by atoms with van der Waals surface area (Å²) in [6, 6.07) is 9.85. The Kier molecular flexibility index (Phi) is 8.06. The van der Waals surface area contributed by atoms with E-state index >= 15 is 0 Å². The molecule has 0 radical (unpaired) electrons. The predicted octanol–water partition coefficient (Wildman–Crippen LogP) is 2.67. The van der Waals surface area contributed by atoms with Gasteiger partial charge < -0.3 is 15.7 Å². The van der Waals surface area contributed by atoms with Crippen molar-refractivity contribution in [3.63, 3.8) is 0 Å². The summed E-state index contributed by atoms with van der Waals surface area (Å²) in [6.45, 7) is 1.99. The lowest BCUT2D eigenvalue weighted by molar-refractivity contribution is -0.122. The van der Waals surface area contributed by atoms with Gasteiger partial charge in [0.1, 0.15) is 5.01 Å². The van der Waals surface area contributed by atoms with Gasteiger partial charge in [-0.25, -0.2) is 4.98 Å². The number of fused-ring (bicyclic) bond motifs is 1. The van der Waals surface area contributed by atoms with Gasteiger partial charge in [0.25, 0.3) is 0 Å². The van der Waals surface area contributed by atoms with Crippen LogP contribution in [0.2, 0.25) is 0 Å². The van der Waals surface area contributed by atoms with Crippen molar-refractivity contribution in [2.24, 2.45) is 11.8 Å². The maximum atomic E-state index is 12.4. The molecule has 1 aromatic carbocycles. The predicted molar refractivity (Wildman–Crippen MR) is 113 cm³/mol. The zero-order chi connectivity index (χ0) is 17.2. The summed E-state index contributed by atoms with van der Waals surface area (Å²) < 4.78 is 0. The van der Waals surface area contributed by atoms with E-state index in [0.717, 1.165) is 42.2 Å². The first-order valence-corrected chi connectivity index (χ1v) is 9.75. The van der Waals surface area contributed by atoms with E-state index in [9.17, 15) is 9.90 Å². The highest BCUT2D eigenvalue weighted by molar-refractivity contribution is 7.13. The summed E-state index contributed by atoms with van der Waals surface area (Å²) in [5.41, 5.74) is 1.86. The lowest BCUT2D eigenvalue weighted by atomic mass is 9.77. The van der Waals surface area contributed by atoms with Crippen LogP contribution in [0.15, 0.2) is 35.7 Å². The molecule has 2 heterocycles. The third-order valence-corrected chi connectivity index (χ3v) is 6.25. The van der Waals surface area contributed by atoms with Gasteiger partial charge in [0.05, 0.1) is 24.3 Å². The Balaban J connectivity index is 0.00000131. The number of benzene rings is 1. The molecule has 0 unspecified atom stereocenters. The molecule has 2 aliphatic rings. The number of rotatable bonds is 4. The Morgan fingerprint density at radius 1 is 1.19 bits per heavy atom. The number of aromatic nitrogens is 1. The fraction of sp³-hybridized carbons (Fsp3) is 0.474. The lowest BCUT2D eigenvalue weighted by Gasteiger charge is -2.35. The molecule has 1 amide bonds. The summed E-state index contributed by atoms with van der Waals surface area (Å²) in [4.78, 5) is 17.0. The molecule has 148 valence electrons. The number of aliphatic hydroxyl groups is 1. The van der Waals surface area contributed by atoms with Crippen LogP contribution in [0.1, 0.15) is 18.5 Å². The van der Waals surface area contributed by atoms with Crippen molar-refractivity contribution in [2.75, 3.05) is 13.1 Å². The molecule has 1 aromatic heterocycles.